The van der Waals surface area contributed by atoms with Gasteiger partial charge >= 0.3 is 0 Å². The zero-order chi connectivity index (χ0) is 13.0. The lowest BCUT2D eigenvalue weighted by Crippen LogP contribution is -2.37. The fourth-order valence-corrected chi connectivity index (χ4v) is 2.46. The first-order valence-electron chi connectivity index (χ1n) is 6.54. The second-order valence-electron chi connectivity index (χ2n) is 4.64. The summed E-state index contributed by atoms with van der Waals surface area (Å²) in [5.41, 5.74) is 0. The van der Waals surface area contributed by atoms with E-state index in [-0.39, 0.29) is 0 Å². The number of hydrogen-bond donors (Lipinski definition) is 0. The van der Waals surface area contributed by atoms with Crippen molar-refractivity contribution < 1.29 is 4.74 Å². The Labute approximate surface area is 113 Å². The molecule has 18 heavy (non-hydrogen) atoms. The van der Waals surface area contributed by atoms with Crippen LogP contribution in [0.15, 0.2) is 6.07 Å². The van der Waals surface area contributed by atoms with Gasteiger partial charge in [0.05, 0.1) is 6.10 Å². The van der Waals surface area contributed by atoms with E-state index in [1.165, 1.54) is 0 Å². The number of aromatic nitrogens is 2. The third-order valence-electron chi connectivity index (χ3n) is 3.30. The fourth-order valence-electron chi connectivity index (χ4n) is 2.27. The quantitative estimate of drug-likeness (QED) is 0.788. The Morgan fingerprint density at radius 3 is 2.72 bits per heavy atom. The van der Waals surface area contributed by atoms with Crippen molar-refractivity contribution in [1.82, 2.24) is 9.97 Å². The van der Waals surface area contributed by atoms with Crippen molar-refractivity contribution in [2.75, 3.05) is 25.1 Å². The summed E-state index contributed by atoms with van der Waals surface area (Å²) < 4.78 is 5.38. The van der Waals surface area contributed by atoms with E-state index in [9.17, 15) is 0 Å². The first-order chi connectivity index (χ1) is 8.72. The van der Waals surface area contributed by atoms with Crippen molar-refractivity contribution >= 4 is 17.4 Å². The Morgan fingerprint density at radius 2 is 2.11 bits per heavy atom. The molecule has 0 atom stereocenters. The molecule has 0 aliphatic carbocycles. The molecule has 5 heteroatoms. The largest absolute Gasteiger partial charge is 0.381 e. The van der Waals surface area contributed by atoms with Crippen molar-refractivity contribution in [3.63, 3.8) is 0 Å². The van der Waals surface area contributed by atoms with Gasteiger partial charge < -0.3 is 9.64 Å². The molecule has 0 bridgehead atoms. The van der Waals surface area contributed by atoms with Crippen molar-refractivity contribution in [3.05, 3.63) is 17.0 Å². The Morgan fingerprint density at radius 1 is 1.39 bits per heavy atom. The van der Waals surface area contributed by atoms with Crippen molar-refractivity contribution in [2.24, 2.45) is 0 Å². The number of hydrogen-bond acceptors (Lipinski definition) is 4. The summed E-state index contributed by atoms with van der Waals surface area (Å²) in [6, 6.07) is 1.86. The summed E-state index contributed by atoms with van der Waals surface area (Å²) in [5.74, 6) is 1.79. The van der Waals surface area contributed by atoms with E-state index in [1.807, 2.05) is 6.07 Å². The molecule has 0 amide bonds. The third-order valence-corrected chi connectivity index (χ3v) is 3.49. The Kier molecular flexibility index (Phi) is 4.78. The maximum absolute atomic E-state index is 6.06. The van der Waals surface area contributed by atoms with Gasteiger partial charge in [0, 0.05) is 32.7 Å². The molecule has 2 heterocycles. The predicted molar refractivity (Wildman–Crippen MR) is 73.3 cm³/mol. The summed E-state index contributed by atoms with van der Waals surface area (Å²) >= 11 is 6.06. The molecule has 1 saturated heterocycles. The van der Waals surface area contributed by atoms with E-state index in [0.717, 1.165) is 50.4 Å². The van der Waals surface area contributed by atoms with Gasteiger partial charge in [-0.15, -0.1) is 0 Å². The molecule has 2 rings (SSSR count). The van der Waals surface area contributed by atoms with Crippen LogP contribution >= 0.6 is 11.6 Å². The standard InChI is InChI=1S/C13H20ClN3O/c1-3-4-12-15-11(14)9-13(16-12)17-7-5-10(18-2)6-8-17/h9-10H,3-8H2,1-2H3. The number of aryl methyl sites for hydroxylation is 1. The zero-order valence-electron chi connectivity index (χ0n) is 11.0. The molecule has 1 aliphatic heterocycles. The van der Waals surface area contributed by atoms with Crippen LogP contribution in [0.25, 0.3) is 0 Å². The lowest BCUT2D eigenvalue weighted by atomic mass is 10.1. The van der Waals surface area contributed by atoms with Gasteiger partial charge in [0.2, 0.25) is 0 Å². The Balaban J connectivity index is 2.08. The summed E-state index contributed by atoms with van der Waals surface area (Å²) in [6.45, 7) is 4.06. The minimum atomic E-state index is 0.383. The summed E-state index contributed by atoms with van der Waals surface area (Å²) in [7, 11) is 1.78. The number of methoxy groups -OCH3 is 1. The highest BCUT2D eigenvalue weighted by atomic mass is 35.5. The topological polar surface area (TPSA) is 38.2 Å². The van der Waals surface area contributed by atoms with Crippen LogP contribution in [-0.2, 0) is 11.2 Å². The highest BCUT2D eigenvalue weighted by Crippen LogP contribution is 2.21. The number of rotatable bonds is 4. The monoisotopic (exact) mass is 269 g/mol. The smallest absolute Gasteiger partial charge is 0.134 e. The van der Waals surface area contributed by atoms with Gasteiger partial charge in [0.15, 0.2) is 0 Å². The van der Waals surface area contributed by atoms with Gasteiger partial charge in [-0.1, -0.05) is 18.5 Å². The molecule has 0 saturated carbocycles. The molecule has 1 aliphatic rings. The summed E-state index contributed by atoms with van der Waals surface area (Å²) in [4.78, 5) is 11.1. The van der Waals surface area contributed by atoms with Crippen LogP contribution in [0.2, 0.25) is 5.15 Å². The molecule has 1 aromatic rings. The molecule has 100 valence electrons. The third kappa shape index (κ3) is 3.33. The molecule has 1 aromatic heterocycles. The highest BCUT2D eigenvalue weighted by molar-refractivity contribution is 6.29. The van der Waals surface area contributed by atoms with Gasteiger partial charge in [-0.2, -0.15) is 0 Å². The number of nitrogens with zero attached hydrogens (tertiary/aromatic N) is 3. The molecule has 1 fully saturated rings. The maximum Gasteiger partial charge on any atom is 0.134 e. The number of piperidine rings is 1. The lowest BCUT2D eigenvalue weighted by Gasteiger charge is -2.32. The van der Waals surface area contributed by atoms with E-state index < -0.39 is 0 Å². The number of ether oxygens (including phenoxy) is 1. The van der Waals surface area contributed by atoms with Crippen LogP contribution in [0.1, 0.15) is 32.0 Å². The normalized spacial score (nSPS) is 17.2. The average molecular weight is 270 g/mol. The van der Waals surface area contributed by atoms with Crippen molar-refractivity contribution in [3.8, 4) is 0 Å². The number of anilines is 1. The van der Waals surface area contributed by atoms with Crippen LogP contribution in [0.4, 0.5) is 5.82 Å². The Bertz CT molecular complexity index is 392. The molecular weight excluding hydrogens is 250 g/mol. The molecule has 0 radical (unpaired) electrons. The van der Waals surface area contributed by atoms with Gasteiger partial charge in [-0.3, -0.25) is 0 Å². The molecule has 0 aromatic carbocycles. The molecule has 0 unspecified atom stereocenters. The van der Waals surface area contributed by atoms with Gasteiger partial charge in [0.1, 0.15) is 16.8 Å². The van der Waals surface area contributed by atoms with Crippen molar-refractivity contribution in [1.29, 1.82) is 0 Å². The average Bonchev–Trinajstić information content (AvgIpc) is 2.38. The van der Waals surface area contributed by atoms with E-state index in [4.69, 9.17) is 16.3 Å². The van der Waals surface area contributed by atoms with Crippen LogP contribution in [0.5, 0.6) is 0 Å². The predicted octanol–water partition coefficient (Wildman–Crippen LogP) is 2.70. The molecule has 0 N–H and O–H groups in total. The lowest BCUT2D eigenvalue weighted by molar-refractivity contribution is 0.0818. The van der Waals surface area contributed by atoms with Crippen LogP contribution in [0, 0.1) is 0 Å². The first kappa shape index (κ1) is 13.6. The maximum atomic E-state index is 6.06. The minimum absolute atomic E-state index is 0.383. The van der Waals surface area contributed by atoms with E-state index in [1.54, 1.807) is 7.11 Å². The van der Waals surface area contributed by atoms with Gasteiger partial charge in [-0.05, 0) is 19.3 Å². The highest BCUT2D eigenvalue weighted by Gasteiger charge is 2.20. The van der Waals surface area contributed by atoms with Gasteiger partial charge in [0.25, 0.3) is 0 Å². The van der Waals surface area contributed by atoms with E-state index >= 15 is 0 Å². The Hall–Kier alpha value is -0.870. The molecule has 0 spiro atoms. The fraction of sp³-hybridized carbons (Fsp3) is 0.692. The van der Waals surface area contributed by atoms with Crippen LogP contribution < -0.4 is 4.90 Å². The van der Waals surface area contributed by atoms with Crippen LogP contribution in [0.3, 0.4) is 0 Å². The summed E-state index contributed by atoms with van der Waals surface area (Å²) in [6.07, 6.45) is 4.38. The summed E-state index contributed by atoms with van der Waals surface area (Å²) in [5, 5.41) is 0.539. The molecule has 4 nitrogen and oxygen atoms in total. The minimum Gasteiger partial charge on any atom is -0.381 e. The van der Waals surface area contributed by atoms with E-state index in [2.05, 4.69) is 21.8 Å². The molecular formula is C13H20ClN3O. The van der Waals surface area contributed by atoms with E-state index in [0.29, 0.717) is 11.3 Å². The van der Waals surface area contributed by atoms with Crippen LogP contribution in [-0.4, -0.2) is 36.3 Å². The first-order valence-corrected chi connectivity index (χ1v) is 6.92. The number of halogens is 1. The van der Waals surface area contributed by atoms with Crippen molar-refractivity contribution in [2.45, 2.75) is 38.7 Å². The van der Waals surface area contributed by atoms with Gasteiger partial charge in [-0.25, -0.2) is 9.97 Å². The SMILES string of the molecule is CCCc1nc(Cl)cc(N2CCC(OC)CC2)n1. The second kappa shape index (κ2) is 6.34. The second-order valence-corrected chi connectivity index (χ2v) is 5.02. The zero-order valence-corrected chi connectivity index (χ0v) is 11.8.